The fraction of sp³-hybridized carbons (Fsp3) is 0.355. The summed E-state index contributed by atoms with van der Waals surface area (Å²) in [5.74, 6) is -0.252. The normalized spacial score (nSPS) is 20.3. The lowest BCUT2D eigenvalue weighted by molar-refractivity contribution is 0.0604. The van der Waals surface area contributed by atoms with Crippen LogP contribution in [0.2, 0.25) is 5.02 Å². The van der Waals surface area contributed by atoms with Crippen molar-refractivity contribution >= 4 is 34.7 Å². The smallest absolute Gasteiger partial charge is 0.266 e. The summed E-state index contributed by atoms with van der Waals surface area (Å²) in [5, 5.41) is 12.7. The molecule has 1 aromatic heterocycles. The Labute approximate surface area is 242 Å². The third-order valence-corrected chi connectivity index (χ3v) is 9.57. The van der Waals surface area contributed by atoms with Gasteiger partial charge in [0.2, 0.25) is 0 Å². The number of carbonyl (C=O) groups is 1. The van der Waals surface area contributed by atoms with Crippen molar-refractivity contribution in [2.24, 2.45) is 0 Å². The molecule has 1 saturated carbocycles. The summed E-state index contributed by atoms with van der Waals surface area (Å²) in [6.07, 6.45) is 3.04. The molecule has 3 aromatic rings. The van der Waals surface area contributed by atoms with E-state index in [2.05, 4.69) is 11.4 Å². The molecule has 2 aromatic carbocycles. The van der Waals surface area contributed by atoms with Crippen LogP contribution in [-0.2, 0) is 6.54 Å². The quantitative estimate of drug-likeness (QED) is 0.309. The molecule has 5 nitrogen and oxygen atoms in total. The Kier molecular flexibility index (Phi) is 8.55. The molecule has 0 bridgehead atoms. The number of thiophene rings is 1. The number of nitrogens with one attached hydrogen (secondary N) is 1. The number of nitriles is 1. The first kappa shape index (κ1) is 28.3. The number of ether oxygens (including phenoxy) is 1. The van der Waals surface area contributed by atoms with Gasteiger partial charge in [-0.05, 0) is 74.2 Å². The highest BCUT2D eigenvalue weighted by molar-refractivity contribution is 7.16. The van der Waals surface area contributed by atoms with Gasteiger partial charge in [0.25, 0.3) is 5.91 Å². The molecule has 1 N–H and O–H groups in total. The van der Waals surface area contributed by atoms with Crippen molar-refractivity contribution in [2.75, 3.05) is 14.2 Å². The van der Waals surface area contributed by atoms with E-state index in [4.69, 9.17) is 16.3 Å². The van der Waals surface area contributed by atoms with Gasteiger partial charge in [-0.2, -0.15) is 5.26 Å². The van der Waals surface area contributed by atoms with Gasteiger partial charge in [-0.1, -0.05) is 29.8 Å². The number of hydrogen-bond acceptors (Lipinski definition) is 5. The third kappa shape index (κ3) is 5.51. The highest BCUT2D eigenvalue weighted by atomic mass is 35.5. The van der Waals surface area contributed by atoms with Crippen molar-refractivity contribution in [1.29, 1.82) is 5.26 Å². The minimum atomic E-state index is -1.44. The second kappa shape index (κ2) is 12.1. The predicted molar refractivity (Wildman–Crippen MR) is 155 cm³/mol. The van der Waals surface area contributed by atoms with Gasteiger partial charge in [0, 0.05) is 36.2 Å². The van der Waals surface area contributed by atoms with Gasteiger partial charge in [-0.3, -0.25) is 4.79 Å². The molecule has 1 atom stereocenters. The number of carbonyl (C=O) groups excluding carboxylic acids is 1. The van der Waals surface area contributed by atoms with Gasteiger partial charge in [0.15, 0.2) is 0 Å². The average molecular weight is 582 g/mol. The lowest BCUT2D eigenvalue weighted by Gasteiger charge is -2.37. The fourth-order valence-electron chi connectivity index (χ4n) is 5.64. The van der Waals surface area contributed by atoms with Crippen LogP contribution in [0.25, 0.3) is 17.0 Å². The minimum absolute atomic E-state index is 0.00342. The minimum Gasteiger partial charge on any atom is -0.496 e. The molecule has 1 fully saturated rings. The number of rotatable bonds is 7. The maximum Gasteiger partial charge on any atom is 0.266 e. The van der Waals surface area contributed by atoms with E-state index in [0.29, 0.717) is 17.4 Å². The van der Waals surface area contributed by atoms with E-state index in [1.807, 2.05) is 43.4 Å². The highest BCUT2D eigenvalue weighted by Crippen LogP contribution is 2.47. The van der Waals surface area contributed by atoms with Crippen molar-refractivity contribution in [2.45, 2.75) is 56.9 Å². The number of halogens is 3. The SMILES string of the molecule is CNC1CCC(N(Cc2cc(-c3cccc(C#N)c3)ccc2OC)C(=O)c2sc3c(c2Cl)C(F)CC=C3F)CC1. The maximum atomic E-state index is 14.8. The molecule has 2 aliphatic carbocycles. The first-order chi connectivity index (χ1) is 19.3. The standard InChI is InChI=1S/C31H30ClF2N3O2S/c1-36-22-7-9-23(10-8-22)37(31(38)30-28(32)27-24(33)11-12-25(34)29(27)40-30)17-21-15-20(6-13-26(21)39-2)19-5-3-4-18(14-19)16-35/h3-6,12-15,22-24,36H,7-11,17H2,1-2H3. The molecule has 0 saturated heterocycles. The van der Waals surface area contributed by atoms with Crippen molar-refractivity contribution in [3.63, 3.8) is 0 Å². The fourth-order valence-corrected chi connectivity index (χ4v) is 7.24. The third-order valence-electron chi connectivity index (χ3n) is 7.87. The van der Waals surface area contributed by atoms with Gasteiger partial charge in [0.1, 0.15) is 22.6 Å². The summed E-state index contributed by atoms with van der Waals surface area (Å²) in [7, 11) is 3.52. The summed E-state index contributed by atoms with van der Waals surface area (Å²) in [6.45, 7) is 0.235. The number of nitrogens with zero attached hydrogens (tertiary/aromatic N) is 2. The molecule has 40 heavy (non-hydrogen) atoms. The summed E-state index contributed by atoms with van der Waals surface area (Å²) >= 11 is 7.51. The van der Waals surface area contributed by atoms with Crippen LogP contribution in [0.5, 0.6) is 5.75 Å². The van der Waals surface area contributed by atoms with Gasteiger partial charge >= 0.3 is 0 Å². The second-order valence-electron chi connectivity index (χ2n) is 10.2. The molecule has 0 spiro atoms. The molecule has 2 aliphatic rings. The van der Waals surface area contributed by atoms with Crippen LogP contribution in [0.15, 0.2) is 48.5 Å². The monoisotopic (exact) mass is 581 g/mol. The number of allylic oxidation sites excluding steroid dienone is 1. The molecule has 1 unspecified atom stereocenters. The average Bonchev–Trinajstić information content (AvgIpc) is 3.35. The van der Waals surface area contributed by atoms with Crippen molar-refractivity contribution in [3.8, 4) is 22.9 Å². The molecule has 0 radical (unpaired) electrons. The van der Waals surface area contributed by atoms with E-state index < -0.39 is 12.0 Å². The maximum absolute atomic E-state index is 14.8. The Bertz CT molecular complexity index is 1490. The Morgan fingerprint density at radius 1 is 1.20 bits per heavy atom. The number of alkyl halides is 1. The Morgan fingerprint density at radius 2 is 1.95 bits per heavy atom. The first-order valence-electron chi connectivity index (χ1n) is 13.3. The summed E-state index contributed by atoms with van der Waals surface area (Å²) in [6, 6.07) is 15.5. The Hall–Kier alpha value is -3.25. The second-order valence-corrected chi connectivity index (χ2v) is 11.6. The van der Waals surface area contributed by atoms with E-state index in [-0.39, 0.29) is 45.3 Å². The lowest BCUT2D eigenvalue weighted by atomic mass is 9.89. The zero-order chi connectivity index (χ0) is 28.4. The van der Waals surface area contributed by atoms with E-state index >= 15 is 0 Å². The highest BCUT2D eigenvalue weighted by Gasteiger charge is 2.36. The van der Waals surface area contributed by atoms with Gasteiger partial charge in [0.05, 0.1) is 28.6 Å². The van der Waals surface area contributed by atoms with Crippen LogP contribution < -0.4 is 10.1 Å². The van der Waals surface area contributed by atoms with Crippen molar-refractivity contribution in [3.05, 3.63) is 80.0 Å². The molecule has 208 valence electrons. The first-order valence-corrected chi connectivity index (χ1v) is 14.5. The van der Waals surface area contributed by atoms with Gasteiger partial charge in [-0.15, -0.1) is 11.3 Å². The lowest BCUT2D eigenvalue weighted by Crippen LogP contribution is -2.44. The molecule has 9 heteroatoms. The largest absolute Gasteiger partial charge is 0.496 e. The molecule has 1 heterocycles. The number of hydrogen-bond donors (Lipinski definition) is 1. The van der Waals surface area contributed by atoms with Crippen LogP contribution in [0.1, 0.15) is 69.5 Å². The molecule has 0 aliphatic heterocycles. The topological polar surface area (TPSA) is 65.4 Å². The van der Waals surface area contributed by atoms with E-state index in [9.17, 15) is 18.8 Å². The van der Waals surface area contributed by atoms with E-state index in [1.165, 1.54) is 6.08 Å². The van der Waals surface area contributed by atoms with E-state index in [0.717, 1.165) is 53.7 Å². The number of fused-ring (bicyclic) bond motifs is 1. The number of amides is 1. The zero-order valence-corrected chi connectivity index (χ0v) is 23.9. The predicted octanol–water partition coefficient (Wildman–Crippen LogP) is 7.85. The van der Waals surface area contributed by atoms with Crippen LogP contribution >= 0.6 is 22.9 Å². The van der Waals surface area contributed by atoms with Crippen LogP contribution in [0, 0.1) is 11.3 Å². The van der Waals surface area contributed by atoms with Crippen molar-refractivity contribution in [1.82, 2.24) is 10.2 Å². The summed E-state index contributed by atoms with van der Waals surface area (Å²) < 4.78 is 35.1. The van der Waals surface area contributed by atoms with Crippen molar-refractivity contribution < 1.29 is 18.3 Å². The van der Waals surface area contributed by atoms with E-state index in [1.54, 1.807) is 18.1 Å². The van der Waals surface area contributed by atoms with Crippen LogP contribution in [0.3, 0.4) is 0 Å². The molecular weight excluding hydrogens is 552 g/mol. The summed E-state index contributed by atoms with van der Waals surface area (Å²) in [5.41, 5.74) is 3.18. The van der Waals surface area contributed by atoms with Crippen LogP contribution in [-0.4, -0.2) is 37.0 Å². The summed E-state index contributed by atoms with van der Waals surface area (Å²) in [4.78, 5) is 16.2. The molecule has 1 amide bonds. The molecule has 5 rings (SSSR count). The number of benzene rings is 2. The molecular formula is C31H30ClF2N3O2S. The van der Waals surface area contributed by atoms with Gasteiger partial charge < -0.3 is 15.0 Å². The van der Waals surface area contributed by atoms with Gasteiger partial charge in [-0.25, -0.2) is 8.78 Å². The number of methoxy groups -OCH3 is 1. The van der Waals surface area contributed by atoms with Crippen LogP contribution in [0.4, 0.5) is 8.78 Å². The Morgan fingerprint density at radius 3 is 2.62 bits per heavy atom. The Balaban J connectivity index is 1.54. The zero-order valence-electron chi connectivity index (χ0n) is 22.3.